The van der Waals surface area contributed by atoms with Crippen molar-refractivity contribution in [2.24, 2.45) is 0 Å². The van der Waals surface area contributed by atoms with E-state index in [1.165, 1.54) is 25.1 Å². The molecule has 2 N–H and O–H groups in total. The molecule has 0 aromatic heterocycles. The third-order valence-electron chi connectivity index (χ3n) is 3.48. The zero-order valence-corrected chi connectivity index (χ0v) is 8.74. The highest BCUT2D eigenvalue weighted by Crippen LogP contribution is 2.28. The van der Waals surface area contributed by atoms with Crippen LogP contribution in [0.25, 0.3) is 0 Å². The van der Waals surface area contributed by atoms with Crippen molar-refractivity contribution in [3.63, 3.8) is 0 Å². The summed E-state index contributed by atoms with van der Waals surface area (Å²) in [4.78, 5) is 2.53. The third kappa shape index (κ3) is 1.57. The van der Waals surface area contributed by atoms with Gasteiger partial charge in [0.15, 0.2) is 0 Å². The number of rotatable bonds is 1. The highest BCUT2D eigenvalue weighted by Gasteiger charge is 2.27. The van der Waals surface area contributed by atoms with Crippen LogP contribution in [0.4, 0.5) is 5.69 Å². The number of hydrogen-bond acceptors (Lipinski definition) is 3. The second-order valence-corrected chi connectivity index (χ2v) is 4.47. The first-order chi connectivity index (χ1) is 7.33. The average Bonchev–Trinajstić information content (AvgIpc) is 2.15. The number of aromatic hydroxyl groups is 1. The van der Waals surface area contributed by atoms with Crippen LogP contribution in [0.1, 0.15) is 12.0 Å². The number of hydrogen-bond donors (Lipinski definition) is 2. The molecule has 0 saturated carbocycles. The lowest BCUT2D eigenvalue weighted by atomic mass is 9.96. The Kier molecular flexibility index (Phi) is 2.06. The zero-order valence-electron chi connectivity index (χ0n) is 8.74. The largest absolute Gasteiger partial charge is 0.508 e. The van der Waals surface area contributed by atoms with Gasteiger partial charge in [-0.25, -0.2) is 0 Å². The Morgan fingerprint density at radius 1 is 1.33 bits per heavy atom. The van der Waals surface area contributed by atoms with Crippen molar-refractivity contribution in [3.8, 4) is 5.75 Å². The molecule has 0 bridgehead atoms. The standard InChI is InChI=1S/C12H16N2O/c15-11-3-2-9-6-10(14-4-1-5-14)8-13-12(9)7-11/h2-3,7,10,13,15H,1,4-6,8H2. The van der Waals surface area contributed by atoms with Crippen molar-refractivity contribution in [2.45, 2.75) is 18.9 Å². The van der Waals surface area contributed by atoms with Crippen LogP contribution in [-0.2, 0) is 6.42 Å². The first-order valence-corrected chi connectivity index (χ1v) is 5.63. The Bertz CT molecular complexity index is 374. The zero-order chi connectivity index (χ0) is 10.3. The number of phenolic OH excluding ortho intramolecular Hbond substituents is 1. The summed E-state index contributed by atoms with van der Waals surface area (Å²) in [5.41, 5.74) is 2.43. The van der Waals surface area contributed by atoms with Gasteiger partial charge in [-0.15, -0.1) is 0 Å². The van der Waals surface area contributed by atoms with Crippen molar-refractivity contribution in [1.29, 1.82) is 0 Å². The number of benzene rings is 1. The van der Waals surface area contributed by atoms with Gasteiger partial charge in [0.25, 0.3) is 0 Å². The molecule has 0 amide bonds. The number of nitrogens with one attached hydrogen (secondary N) is 1. The molecule has 0 spiro atoms. The van der Waals surface area contributed by atoms with E-state index >= 15 is 0 Å². The lowest BCUT2D eigenvalue weighted by molar-refractivity contribution is 0.122. The van der Waals surface area contributed by atoms with E-state index in [9.17, 15) is 5.11 Å². The molecule has 1 aromatic carbocycles. The van der Waals surface area contributed by atoms with Crippen molar-refractivity contribution in [1.82, 2.24) is 4.90 Å². The monoisotopic (exact) mass is 204 g/mol. The molecule has 2 aliphatic heterocycles. The second kappa shape index (κ2) is 3.42. The Morgan fingerprint density at radius 3 is 2.93 bits per heavy atom. The maximum Gasteiger partial charge on any atom is 0.117 e. The quantitative estimate of drug-likeness (QED) is 0.726. The van der Waals surface area contributed by atoms with E-state index in [0.717, 1.165) is 18.7 Å². The Labute approximate surface area is 89.7 Å². The molecule has 1 fully saturated rings. The van der Waals surface area contributed by atoms with E-state index in [2.05, 4.69) is 10.2 Å². The van der Waals surface area contributed by atoms with Crippen LogP contribution >= 0.6 is 0 Å². The molecule has 1 atom stereocenters. The fraction of sp³-hybridized carbons (Fsp3) is 0.500. The van der Waals surface area contributed by atoms with Gasteiger partial charge in [0.1, 0.15) is 5.75 Å². The van der Waals surface area contributed by atoms with Crippen LogP contribution in [0, 0.1) is 0 Å². The Hall–Kier alpha value is -1.22. The second-order valence-electron chi connectivity index (χ2n) is 4.47. The number of nitrogens with zero attached hydrogens (tertiary/aromatic N) is 1. The summed E-state index contributed by atoms with van der Waals surface area (Å²) in [6, 6.07) is 6.28. The smallest absolute Gasteiger partial charge is 0.117 e. The molecular weight excluding hydrogens is 188 g/mol. The molecule has 3 heteroatoms. The molecule has 1 saturated heterocycles. The van der Waals surface area contributed by atoms with Gasteiger partial charge in [0, 0.05) is 24.3 Å². The third-order valence-corrected chi connectivity index (χ3v) is 3.48. The van der Waals surface area contributed by atoms with Gasteiger partial charge in [-0.2, -0.15) is 0 Å². The van der Waals surface area contributed by atoms with Gasteiger partial charge in [-0.1, -0.05) is 6.07 Å². The lowest BCUT2D eigenvalue weighted by Crippen LogP contribution is -2.50. The molecule has 3 nitrogen and oxygen atoms in total. The normalized spacial score (nSPS) is 25.2. The van der Waals surface area contributed by atoms with Crippen molar-refractivity contribution in [3.05, 3.63) is 23.8 Å². The van der Waals surface area contributed by atoms with Gasteiger partial charge in [-0.05, 0) is 37.6 Å². The van der Waals surface area contributed by atoms with Crippen LogP contribution in [0.15, 0.2) is 18.2 Å². The Balaban J connectivity index is 1.80. The highest BCUT2D eigenvalue weighted by molar-refractivity contribution is 5.57. The summed E-state index contributed by atoms with van der Waals surface area (Å²) < 4.78 is 0. The Morgan fingerprint density at radius 2 is 2.20 bits per heavy atom. The van der Waals surface area contributed by atoms with E-state index in [1.54, 1.807) is 6.07 Å². The summed E-state index contributed by atoms with van der Waals surface area (Å²) in [6.45, 7) is 3.51. The number of fused-ring (bicyclic) bond motifs is 1. The van der Waals surface area contributed by atoms with Crippen LogP contribution in [-0.4, -0.2) is 35.7 Å². The topological polar surface area (TPSA) is 35.5 Å². The van der Waals surface area contributed by atoms with Gasteiger partial charge in [-0.3, -0.25) is 4.90 Å². The minimum absolute atomic E-state index is 0.351. The van der Waals surface area contributed by atoms with Crippen LogP contribution < -0.4 is 5.32 Å². The maximum atomic E-state index is 9.37. The molecule has 2 heterocycles. The van der Waals surface area contributed by atoms with Gasteiger partial charge in [0.05, 0.1) is 0 Å². The van der Waals surface area contributed by atoms with Gasteiger partial charge >= 0.3 is 0 Å². The number of phenols is 1. The molecule has 1 unspecified atom stereocenters. The van der Waals surface area contributed by atoms with Crippen LogP contribution in [0.5, 0.6) is 5.75 Å². The van der Waals surface area contributed by atoms with Crippen molar-refractivity contribution < 1.29 is 5.11 Å². The van der Waals surface area contributed by atoms with E-state index in [4.69, 9.17) is 0 Å². The summed E-state index contributed by atoms with van der Waals surface area (Å²) in [5.74, 6) is 0.351. The van der Waals surface area contributed by atoms with E-state index in [1.807, 2.05) is 12.1 Å². The number of anilines is 1. The summed E-state index contributed by atoms with van der Waals surface area (Å²) in [5, 5.41) is 12.8. The van der Waals surface area contributed by atoms with E-state index in [-0.39, 0.29) is 0 Å². The van der Waals surface area contributed by atoms with E-state index in [0.29, 0.717) is 11.8 Å². The minimum atomic E-state index is 0.351. The highest BCUT2D eigenvalue weighted by atomic mass is 16.3. The number of likely N-dealkylation sites (tertiary alicyclic amines) is 1. The predicted molar refractivity (Wildman–Crippen MR) is 60.3 cm³/mol. The molecule has 15 heavy (non-hydrogen) atoms. The molecule has 1 aromatic rings. The van der Waals surface area contributed by atoms with E-state index < -0.39 is 0 Å². The minimum Gasteiger partial charge on any atom is -0.508 e. The fourth-order valence-electron chi connectivity index (χ4n) is 2.42. The molecular formula is C12H16N2O. The van der Waals surface area contributed by atoms with Gasteiger partial charge in [0.2, 0.25) is 0 Å². The average molecular weight is 204 g/mol. The first kappa shape index (κ1) is 9.04. The SMILES string of the molecule is Oc1ccc2c(c1)NCC(N1CCC1)C2. The first-order valence-electron chi connectivity index (χ1n) is 5.63. The van der Waals surface area contributed by atoms with Crippen molar-refractivity contribution >= 4 is 5.69 Å². The lowest BCUT2D eigenvalue weighted by Gasteiger charge is -2.41. The fourth-order valence-corrected chi connectivity index (χ4v) is 2.42. The molecule has 2 aliphatic rings. The van der Waals surface area contributed by atoms with Crippen LogP contribution in [0.3, 0.4) is 0 Å². The maximum absolute atomic E-state index is 9.37. The summed E-state index contributed by atoms with van der Waals surface area (Å²) in [6.07, 6.45) is 2.46. The summed E-state index contributed by atoms with van der Waals surface area (Å²) in [7, 11) is 0. The van der Waals surface area contributed by atoms with Crippen molar-refractivity contribution in [2.75, 3.05) is 25.0 Å². The predicted octanol–water partition coefficient (Wildman–Crippen LogP) is 1.43. The molecule has 3 rings (SSSR count). The molecule has 0 radical (unpaired) electrons. The van der Waals surface area contributed by atoms with Gasteiger partial charge < -0.3 is 10.4 Å². The molecule has 0 aliphatic carbocycles. The molecule has 80 valence electrons. The van der Waals surface area contributed by atoms with Crippen LogP contribution in [0.2, 0.25) is 0 Å². The summed E-state index contributed by atoms with van der Waals surface area (Å²) >= 11 is 0.